The lowest BCUT2D eigenvalue weighted by atomic mass is 10.2. The number of unbranched alkanes of at least 4 members (excludes halogenated alkanes) is 1. The molecule has 0 unspecified atom stereocenters. The lowest BCUT2D eigenvalue weighted by molar-refractivity contribution is -0.135. The number of hydrogen-bond acceptors (Lipinski definition) is 3. The van der Waals surface area contributed by atoms with E-state index in [4.69, 9.17) is 4.43 Å². The van der Waals surface area contributed by atoms with Crippen LogP contribution in [0.15, 0.2) is 0 Å². The maximum Gasteiger partial charge on any atom is 0.292 e. The fourth-order valence-electron chi connectivity index (χ4n) is 1.25. The first-order valence-corrected chi connectivity index (χ1v) is 13.0. The van der Waals surface area contributed by atoms with Gasteiger partial charge in [0.05, 0.1) is 0 Å². The Hall–Kier alpha value is -0.136. The van der Waals surface area contributed by atoms with Gasteiger partial charge in [-0.3, -0.25) is 4.79 Å². The van der Waals surface area contributed by atoms with Gasteiger partial charge in [0, 0.05) is 6.42 Å². The lowest BCUT2D eigenvalue weighted by Crippen LogP contribution is -2.41. The summed E-state index contributed by atoms with van der Waals surface area (Å²) in [5.41, 5.74) is 0. The summed E-state index contributed by atoms with van der Waals surface area (Å²) >= 11 is 0. The Morgan fingerprint density at radius 3 is 2.06 bits per heavy atom. The van der Waals surface area contributed by atoms with Crippen LogP contribution in [0, 0.1) is 0 Å². The van der Waals surface area contributed by atoms with E-state index in [-0.39, 0.29) is 5.97 Å². The predicted molar refractivity (Wildman–Crippen MR) is 74.6 cm³/mol. The van der Waals surface area contributed by atoms with E-state index in [2.05, 4.69) is 24.6 Å². The summed E-state index contributed by atoms with van der Waals surface area (Å²) in [5.74, 6) is -0.0211. The van der Waals surface area contributed by atoms with Crippen LogP contribution in [0.25, 0.3) is 0 Å². The predicted octanol–water partition coefficient (Wildman–Crippen LogP) is 2.96. The third-order valence-corrected chi connectivity index (χ3v) is 4.03. The van der Waals surface area contributed by atoms with Gasteiger partial charge in [-0.25, -0.2) is 0 Å². The quantitative estimate of drug-likeness (QED) is 0.565. The molecule has 16 heavy (non-hydrogen) atoms. The highest BCUT2D eigenvalue weighted by atomic mass is 28.4. The molecule has 0 aliphatic carbocycles. The van der Waals surface area contributed by atoms with E-state index in [1.807, 2.05) is 19.6 Å². The molecule has 0 aromatic heterocycles. The molecule has 0 saturated heterocycles. The van der Waals surface area contributed by atoms with E-state index in [1.54, 1.807) is 0 Å². The molecule has 1 N–H and O–H groups in total. The van der Waals surface area contributed by atoms with Crippen LogP contribution in [-0.4, -0.2) is 29.1 Å². The van der Waals surface area contributed by atoms with Crippen molar-refractivity contribution in [3.8, 4) is 0 Å². The third-order valence-electron chi connectivity index (χ3n) is 1.88. The van der Waals surface area contributed by atoms with Crippen molar-refractivity contribution in [3.63, 3.8) is 0 Å². The number of rotatable bonds is 7. The van der Waals surface area contributed by atoms with Gasteiger partial charge >= 0.3 is 0 Å². The second kappa shape index (κ2) is 6.56. The van der Waals surface area contributed by atoms with Crippen molar-refractivity contribution in [1.82, 2.24) is 4.98 Å². The van der Waals surface area contributed by atoms with Gasteiger partial charge in [0.25, 0.3) is 5.97 Å². The minimum atomic E-state index is -1.68. The van der Waals surface area contributed by atoms with E-state index < -0.39 is 16.6 Å². The normalized spacial score (nSPS) is 12.6. The maximum atomic E-state index is 11.4. The molecule has 0 aliphatic rings. The van der Waals surface area contributed by atoms with Crippen molar-refractivity contribution in [1.29, 1.82) is 0 Å². The molecule has 0 fully saturated rings. The molecule has 0 amide bonds. The van der Waals surface area contributed by atoms with E-state index in [0.29, 0.717) is 6.42 Å². The smallest absolute Gasteiger partial charge is 0.292 e. The average Bonchev–Trinajstić information content (AvgIpc) is 1.97. The second-order valence-corrected chi connectivity index (χ2v) is 15.5. The second-order valence-electron chi connectivity index (χ2n) is 6.22. The van der Waals surface area contributed by atoms with Crippen LogP contribution >= 0.6 is 0 Å². The molecule has 0 bridgehead atoms. The molecule has 0 aliphatic heterocycles. The number of carbonyl (C=O) groups excluding carboxylic acids is 1. The summed E-state index contributed by atoms with van der Waals surface area (Å²) in [4.78, 5) is 15.0. The Balaban J connectivity index is 3.50. The van der Waals surface area contributed by atoms with Crippen molar-refractivity contribution in [2.75, 3.05) is 6.54 Å². The summed E-state index contributed by atoms with van der Waals surface area (Å²) in [5, 5.41) is 0. The molecule has 0 saturated carbocycles. The van der Waals surface area contributed by atoms with Crippen LogP contribution in [0.3, 0.4) is 0 Å². The van der Waals surface area contributed by atoms with Gasteiger partial charge in [-0.15, -0.1) is 0 Å². The number of nitrogens with one attached hydrogen (secondary N) is 1. The number of hydrogen-bond donors (Lipinski definition) is 1. The highest BCUT2D eigenvalue weighted by Gasteiger charge is 2.19. The minimum absolute atomic E-state index is 0.0211. The summed E-state index contributed by atoms with van der Waals surface area (Å²) in [6.45, 7) is 14.0. The zero-order valence-corrected chi connectivity index (χ0v) is 13.6. The van der Waals surface area contributed by atoms with E-state index >= 15 is 0 Å². The highest BCUT2D eigenvalue weighted by Crippen LogP contribution is 2.06. The summed E-state index contributed by atoms with van der Waals surface area (Å²) in [6, 6.07) is 0. The molecule has 0 atom stereocenters. The van der Waals surface area contributed by atoms with Crippen LogP contribution < -0.4 is 4.98 Å². The summed E-state index contributed by atoms with van der Waals surface area (Å²) in [6.07, 6.45) is 2.56. The van der Waals surface area contributed by atoms with Crippen LogP contribution in [-0.2, 0) is 9.22 Å². The summed E-state index contributed by atoms with van der Waals surface area (Å²) in [7, 11) is -2.81. The van der Waals surface area contributed by atoms with E-state index in [1.165, 1.54) is 0 Å². The van der Waals surface area contributed by atoms with Crippen LogP contribution in [0.1, 0.15) is 19.3 Å². The van der Waals surface area contributed by atoms with E-state index in [9.17, 15) is 4.79 Å². The Morgan fingerprint density at radius 2 is 1.62 bits per heavy atom. The summed E-state index contributed by atoms with van der Waals surface area (Å²) < 4.78 is 5.37. The van der Waals surface area contributed by atoms with Gasteiger partial charge in [-0.05, 0) is 39.0 Å². The molecule has 0 radical (unpaired) electrons. The monoisotopic (exact) mass is 261 g/mol. The van der Waals surface area contributed by atoms with Crippen molar-refractivity contribution in [2.45, 2.75) is 58.5 Å². The molecule has 0 spiro atoms. The van der Waals surface area contributed by atoms with Gasteiger partial charge in [0.2, 0.25) is 8.32 Å². The van der Waals surface area contributed by atoms with Crippen molar-refractivity contribution < 1.29 is 9.22 Å². The third kappa shape index (κ3) is 11.9. The fraction of sp³-hybridized carbons (Fsp3) is 0.909. The average molecular weight is 262 g/mol. The molecule has 5 heteroatoms. The van der Waals surface area contributed by atoms with Gasteiger partial charge in [0.15, 0.2) is 0 Å². The first kappa shape index (κ1) is 15.9. The molecular weight excluding hydrogens is 234 g/mol. The Labute approximate surface area is 102 Å². The number of carbonyl (C=O) groups is 1. The van der Waals surface area contributed by atoms with Crippen LogP contribution in [0.4, 0.5) is 0 Å². The topological polar surface area (TPSA) is 38.3 Å². The Bertz CT molecular complexity index is 219. The zero-order valence-electron chi connectivity index (χ0n) is 11.6. The van der Waals surface area contributed by atoms with Gasteiger partial charge in [0.1, 0.15) is 8.24 Å². The van der Waals surface area contributed by atoms with Crippen LogP contribution in [0.5, 0.6) is 0 Å². The fourth-order valence-corrected chi connectivity index (χ4v) is 2.96. The first-order valence-electron chi connectivity index (χ1n) is 6.07. The molecule has 0 aromatic carbocycles. The van der Waals surface area contributed by atoms with Gasteiger partial charge < -0.3 is 9.41 Å². The first-order chi connectivity index (χ1) is 7.10. The van der Waals surface area contributed by atoms with Crippen molar-refractivity contribution in [3.05, 3.63) is 0 Å². The Kier molecular flexibility index (Phi) is 6.51. The van der Waals surface area contributed by atoms with Gasteiger partial charge in [-0.1, -0.05) is 19.6 Å². The standard InChI is InChI=1S/C11H27NO2Si2/c1-15(2,3)12-10-8-7-9-11(13)14-16(4,5)6/h12H,7-10H2,1-6H3. The van der Waals surface area contributed by atoms with Gasteiger partial charge in [-0.2, -0.15) is 0 Å². The molecule has 0 heterocycles. The molecular formula is C11H27NO2Si2. The molecule has 0 rings (SSSR count). The van der Waals surface area contributed by atoms with Crippen LogP contribution in [0.2, 0.25) is 39.3 Å². The zero-order chi connectivity index (χ0) is 12.8. The molecule has 3 nitrogen and oxygen atoms in total. The van der Waals surface area contributed by atoms with Crippen molar-refractivity contribution in [2.24, 2.45) is 0 Å². The maximum absolute atomic E-state index is 11.4. The lowest BCUT2D eigenvalue weighted by Gasteiger charge is -2.18. The SMILES string of the molecule is C[Si](C)(C)NCCCCC(=O)O[Si](C)(C)C. The molecule has 0 aromatic rings. The molecule has 96 valence electrons. The van der Waals surface area contributed by atoms with Crippen molar-refractivity contribution >= 4 is 22.5 Å². The Morgan fingerprint density at radius 1 is 1.06 bits per heavy atom. The minimum Gasteiger partial charge on any atom is -0.520 e. The largest absolute Gasteiger partial charge is 0.520 e. The highest BCUT2D eigenvalue weighted by molar-refractivity contribution is 6.73. The van der Waals surface area contributed by atoms with E-state index in [0.717, 1.165) is 19.4 Å².